The SMILES string of the molecule is COc1ccc(N(Cc2ccccc2)C(=O)CN2C(=O)NC3(CCCC3)C2=O)cc1. The van der Waals surface area contributed by atoms with Crippen LogP contribution in [-0.2, 0) is 16.1 Å². The normalized spacial score (nSPS) is 17.3. The largest absolute Gasteiger partial charge is 0.497 e. The molecule has 0 radical (unpaired) electrons. The van der Waals surface area contributed by atoms with E-state index in [1.54, 1.807) is 36.3 Å². The van der Waals surface area contributed by atoms with Gasteiger partial charge in [0.2, 0.25) is 5.91 Å². The number of nitrogens with one attached hydrogen (secondary N) is 1. The van der Waals surface area contributed by atoms with Gasteiger partial charge in [0.1, 0.15) is 17.8 Å². The van der Waals surface area contributed by atoms with Crippen LogP contribution in [0, 0.1) is 0 Å². The van der Waals surface area contributed by atoms with Crippen molar-refractivity contribution in [1.82, 2.24) is 10.2 Å². The summed E-state index contributed by atoms with van der Waals surface area (Å²) in [4.78, 5) is 41.4. The molecule has 1 heterocycles. The molecular formula is C23H25N3O4. The molecule has 2 fully saturated rings. The van der Waals surface area contributed by atoms with Crippen molar-refractivity contribution >= 4 is 23.5 Å². The number of hydrogen-bond acceptors (Lipinski definition) is 4. The van der Waals surface area contributed by atoms with Gasteiger partial charge in [0.15, 0.2) is 0 Å². The summed E-state index contributed by atoms with van der Waals surface area (Å²) in [5.41, 5.74) is 0.806. The number of hydrogen-bond donors (Lipinski definition) is 1. The molecule has 4 rings (SSSR count). The Labute approximate surface area is 175 Å². The average Bonchev–Trinajstić information content (AvgIpc) is 3.33. The Morgan fingerprint density at radius 2 is 1.73 bits per heavy atom. The van der Waals surface area contributed by atoms with Crippen LogP contribution in [0.3, 0.4) is 0 Å². The fraction of sp³-hybridized carbons (Fsp3) is 0.348. The molecule has 30 heavy (non-hydrogen) atoms. The van der Waals surface area contributed by atoms with E-state index in [-0.39, 0.29) is 18.4 Å². The quantitative estimate of drug-likeness (QED) is 0.747. The van der Waals surface area contributed by atoms with Gasteiger partial charge in [-0.15, -0.1) is 0 Å². The number of carbonyl (C=O) groups is 3. The van der Waals surface area contributed by atoms with Gasteiger partial charge in [-0.1, -0.05) is 43.2 Å². The number of ether oxygens (including phenoxy) is 1. The minimum Gasteiger partial charge on any atom is -0.497 e. The van der Waals surface area contributed by atoms with Crippen molar-refractivity contribution in [2.24, 2.45) is 0 Å². The van der Waals surface area contributed by atoms with Crippen LogP contribution in [-0.4, -0.2) is 41.9 Å². The molecule has 1 aliphatic carbocycles. The maximum atomic E-state index is 13.3. The molecule has 1 saturated heterocycles. The first-order chi connectivity index (χ1) is 14.5. The molecule has 4 amide bonds. The van der Waals surface area contributed by atoms with Crippen LogP contribution in [0.2, 0.25) is 0 Å². The fourth-order valence-electron chi connectivity index (χ4n) is 4.21. The first-order valence-corrected chi connectivity index (χ1v) is 10.1. The maximum Gasteiger partial charge on any atom is 0.325 e. The zero-order valence-corrected chi connectivity index (χ0v) is 17.0. The molecule has 1 spiro atoms. The number of nitrogens with zero attached hydrogens (tertiary/aromatic N) is 2. The van der Waals surface area contributed by atoms with Gasteiger partial charge < -0.3 is 15.0 Å². The number of rotatable bonds is 6. The molecule has 1 N–H and O–H groups in total. The van der Waals surface area contributed by atoms with Crippen LogP contribution in [0.1, 0.15) is 31.2 Å². The van der Waals surface area contributed by atoms with Crippen molar-refractivity contribution in [2.75, 3.05) is 18.6 Å². The van der Waals surface area contributed by atoms with Crippen LogP contribution in [0.5, 0.6) is 5.75 Å². The van der Waals surface area contributed by atoms with Gasteiger partial charge in [-0.3, -0.25) is 14.5 Å². The summed E-state index contributed by atoms with van der Waals surface area (Å²) in [7, 11) is 1.58. The van der Waals surface area contributed by atoms with Crippen molar-refractivity contribution < 1.29 is 19.1 Å². The summed E-state index contributed by atoms with van der Waals surface area (Å²) < 4.78 is 5.21. The Balaban J connectivity index is 1.57. The summed E-state index contributed by atoms with van der Waals surface area (Å²) >= 11 is 0. The lowest BCUT2D eigenvalue weighted by atomic mass is 9.98. The standard InChI is InChI=1S/C23H25N3O4/c1-30-19-11-9-18(10-12-19)25(15-17-7-3-2-4-8-17)20(27)16-26-21(28)23(24-22(26)29)13-5-6-14-23/h2-4,7-12H,5-6,13-16H2,1H3,(H,24,29). The lowest BCUT2D eigenvalue weighted by Gasteiger charge is -2.25. The monoisotopic (exact) mass is 407 g/mol. The minimum atomic E-state index is -0.818. The Hall–Kier alpha value is -3.35. The molecular weight excluding hydrogens is 382 g/mol. The third kappa shape index (κ3) is 3.75. The third-order valence-electron chi connectivity index (χ3n) is 5.87. The number of urea groups is 1. The number of benzene rings is 2. The zero-order valence-electron chi connectivity index (χ0n) is 17.0. The van der Waals surface area contributed by atoms with Crippen molar-refractivity contribution in [3.8, 4) is 5.75 Å². The zero-order chi connectivity index (χ0) is 21.1. The Bertz CT molecular complexity index is 937. The highest BCUT2D eigenvalue weighted by atomic mass is 16.5. The number of carbonyl (C=O) groups excluding carboxylic acids is 3. The number of anilines is 1. The summed E-state index contributed by atoms with van der Waals surface area (Å²) in [6.45, 7) is 0.0477. The number of methoxy groups -OCH3 is 1. The summed E-state index contributed by atoms with van der Waals surface area (Å²) in [5.74, 6) is 0.0819. The van der Waals surface area contributed by atoms with Crippen molar-refractivity contribution in [3.05, 3.63) is 60.2 Å². The lowest BCUT2D eigenvalue weighted by Crippen LogP contribution is -2.46. The molecule has 7 heteroatoms. The summed E-state index contributed by atoms with van der Waals surface area (Å²) in [6, 6.07) is 16.3. The van der Waals surface area contributed by atoms with Gasteiger partial charge in [0.05, 0.1) is 13.7 Å². The molecule has 2 aliphatic rings. The van der Waals surface area contributed by atoms with E-state index in [4.69, 9.17) is 4.74 Å². The van der Waals surface area contributed by atoms with Gasteiger partial charge in [-0.2, -0.15) is 0 Å². The summed E-state index contributed by atoms with van der Waals surface area (Å²) in [5, 5.41) is 2.83. The highest BCUT2D eigenvalue weighted by molar-refractivity contribution is 6.10. The molecule has 7 nitrogen and oxygen atoms in total. The van der Waals surface area contributed by atoms with Crippen LogP contribution in [0.4, 0.5) is 10.5 Å². The van der Waals surface area contributed by atoms with E-state index < -0.39 is 11.6 Å². The number of imide groups is 1. The fourth-order valence-corrected chi connectivity index (χ4v) is 4.21. The minimum absolute atomic E-state index is 0.284. The molecule has 1 aliphatic heterocycles. The van der Waals surface area contributed by atoms with E-state index in [1.165, 1.54) is 0 Å². The maximum absolute atomic E-state index is 13.3. The highest BCUT2D eigenvalue weighted by Crippen LogP contribution is 2.35. The second-order valence-corrected chi connectivity index (χ2v) is 7.77. The number of amides is 4. The topological polar surface area (TPSA) is 79.0 Å². The molecule has 0 unspecified atom stereocenters. The van der Waals surface area contributed by atoms with Crippen molar-refractivity contribution in [2.45, 2.75) is 37.8 Å². The van der Waals surface area contributed by atoms with Gasteiger partial charge in [-0.05, 0) is 42.7 Å². The molecule has 0 bridgehead atoms. The van der Waals surface area contributed by atoms with E-state index in [0.29, 0.717) is 30.8 Å². The first kappa shape index (κ1) is 19.9. The molecule has 0 aromatic heterocycles. The molecule has 156 valence electrons. The van der Waals surface area contributed by atoms with E-state index in [0.717, 1.165) is 23.3 Å². The predicted octanol–water partition coefficient (Wildman–Crippen LogP) is 3.09. The Kier molecular flexibility index (Phi) is 5.44. The van der Waals surface area contributed by atoms with E-state index in [9.17, 15) is 14.4 Å². The van der Waals surface area contributed by atoms with E-state index >= 15 is 0 Å². The predicted molar refractivity (Wildman–Crippen MR) is 112 cm³/mol. The Morgan fingerprint density at radius 3 is 2.37 bits per heavy atom. The van der Waals surface area contributed by atoms with E-state index in [1.807, 2.05) is 30.3 Å². The van der Waals surface area contributed by atoms with Crippen LogP contribution >= 0.6 is 0 Å². The molecule has 1 saturated carbocycles. The first-order valence-electron chi connectivity index (χ1n) is 10.1. The van der Waals surface area contributed by atoms with Crippen LogP contribution in [0.25, 0.3) is 0 Å². The van der Waals surface area contributed by atoms with Gasteiger partial charge in [0.25, 0.3) is 5.91 Å². The van der Waals surface area contributed by atoms with Gasteiger partial charge >= 0.3 is 6.03 Å². The molecule has 0 atom stereocenters. The van der Waals surface area contributed by atoms with Crippen molar-refractivity contribution in [1.29, 1.82) is 0 Å². The van der Waals surface area contributed by atoms with Crippen molar-refractivity contribution in [3.63, 3.8) is 0 Å². The van der Waals surface area contributed by atoms with Gasteiger partial charge in [-0.25, -0.2) is 4.79 Å². The van der Waals surface area contributed by atoms with Crippen LogP contribution < -0.4 is 15.0 Å². The Morgan fingerprint density at radius 1 is 1.07 bits per heavy atom. The van der Waals surface area contributed by atoms with E-state index in [2.05, 4.69) is 5.32 Å². The smallest absolute Gasteiger partial charge is 0.325 e. The van der Waals surface area contributed by atoms with Gasteiger partial charge in [0, 0.05) is 5.69 Å². The second-order valence-electron chi connectivity index (χ2n) is 7.77. The molecule has 2 aromatic rings. The molecule has 2 aromatic carbocycles. The third-order valence-corrected chi connectivity index (χ3v) is 5.87. The average molecular weight is 407 g/mol. The van der Waals surface area contributed by atoms with Crippen LogP contribution in [0.15, 0.2) is 54.6 Å². The highest BCUT2D eigenvalue weighted by Gasteiger charge is 2.52. The lowest BCUT2D eigenvalue weighted by molar-refractivity contribution is -0.134. The second kappa shape index (κ2) is 8.18. The summed E-state index contributed by atoms with van der Waals surface area (Å²) in [6.07, 6.45) is 3.07.